The molecule has 5 amide bonds. The largest absolute Gasteiger partial charge is 0.449 e. The summed E-state index contributed by atoms with van der Waals surface area (Å²) in [5, 5.41) is 3.82. The maximum absolute atomic E-state index is 14.0. The summed E-state index contributed by atoms with van der Waals surface area (Å²) in [6, 6.07) is 1.99. The average molecular weight is 768 g/mol. The van der Waals surface area contributed by atoms with E-state index in [0.29, 0.717) is 32.1 Å². The van der Waals surface area contributed by atoms with Crippen LogP contribution in [0.15, 0.2) is 30.9 Å². The van der Waals surface area contributed by atoms with E-state index in [4.69, 9.17) is 9.47 Å². The van der Waals surface area contributed by atoms with Gasteiger partial charge in [0.05, 0.1) is 24.8 Å². The first-order valence-electron chi connectivity index (χ1n) is 17.7. The molecule has 5 aliphatic rings. The Kier molecular flexibility index (Phi) is 10.2. The molecule has 53 heavy (non-hydrogen) atoms. The van der Waals surface area contributed by atoms with Gasteiger partial charge >= 0.3 is 18.4 Å². The lowest BCUT2D eigenvalue weighted by atomic mass is 9.86. The number of sulfonamides is 1. The first-order chi connectivity index (χ1) is 24.8. The van der Waals surface area contributed by atoms with Gasteiger partial charge < -0.3 is 25.0 Å². The summed E-state index contributed by atoms with van der Waals surface area (Å²) in [5.41, 5.74) is 0.608. The Morgan fingerprint density at radius 3 is 2.51 bits per heavy atom. The van der Waals surface area contributed by atoms with Gasteiger partial charge in [0.15, 0.2) is 0 Å². The minimum absolute atomic E-state index is 0.0225. The molecule has 1 saturated heterocycles. The van der Waals surface area contributed by atoms with Crippen LogP contribution in [0.2, 0.25) is 0 Å². The number of nitrogens with zero attached hydrogens (tertiary/aromatic N) is 2. The van der Waals surface area contributed by atoms with Gasteiger partial charge in [-0.05, 0) is 60.6 Å². The van der Waals surface area contributed by atoms with Crippen molar-refractivity contribution >= 4 is 39.9 Å². The number of hydrogen-bond acceptors (Lipinski definition) is 9. The second-order valence-corrected chi connectivity index (χ2v) is 17.4. The van der Waals surface area contributed by atoms with Gasteiger partial charge in [0.25, 0.3) is 5.91 Å². The lowest BCUT2D eigenvalue weighted by Gasteiger charge is -2.30. The zero-order chi connectivity index (χ0) is 38.5. The number of ether oxygens (including phenoxy) is 2. The predicted octanol–water partition coefficient (Wildman–Crippen LogP) is 3.19. The van der Waals surface area contributed by atoms with Gasteiger partial charge in [0, 0.05) is 25.4 Å². The normalized spacial score (nSPS) is 29.1. The molecule has 2 aliphatic carbocycles. The second kappa shape index (κ2) is 14.1. The number of aryl methyl sites for hydroxylation is 1. The van der Waals surface area contributed by atoms with Crippen molar-refractivity contribution < 1.29 is 55.0 Å². The fraction of sp³-hybridized carbons (Fsp3) is 0.629. The van der Waals surface area contributed by atoms with Crippen molar-refractivity contribution in [2.75, 3.05) is 13.2 Å². The number of alkyl carbamates (subject to hydrolysis) is 1. The van der Waals surface area contributed by atoms with Crippen LogP contribution in [0.3, 0.4) is 0 Å². The molecule has 1 aromatic carbocycles. The van der Waals surface area contributed by atoms with Crippen molar-refractivity contribution in [3.05, 3.63) is 47.5 Å². The van der Waals surface area contributed by atoms with Crippen molar-refractivity contribution in [3.63, 3.8) is 0 Å². The van der Waals surface area contributed by atoms with Crippen LogP contribution in [0, 0.1) is 11.3 Å². The molecule has 1 aromatic rings. The lowest BCUT2D eigenvalue weighted by molar-refractivity contribution is -0.156. The second-order valence-electron chi connectivity index (χ2n) is 15.5. The Morgan fingerprint density at radius 2 is 1.85 bits per heavy atom. The van der Waals surface area contributed by atoms with Crippen molar-refractivity contribution in [1.29, 1.82) is 0 Å². The average Bonchev–Trinajstić information content (AvgIpc) is 3.96. The fourth-order valence-corrected chi connectivity index (χ4v) is 8.74. The van der Waals surface area contributed by atoms with Crippen LogP contribution < -0.4 is 15.4 Å². The quantitative estimate of drug-likeness (QED) is 0.352. The number of rotatable bonds is 7. The van der Waals surface area contributed by atoms with Gasteiger partial charge in [-0.25, -0.2) is 18.0 Å². The van der Waals surface area contributed by atoms with Crippen LogP contribution in [-0.4, -0.2) is 96.4 Å². The Labute approximate surface area is 305 Å². The smallest absolute Gasteiger partial charge is 0.410 e. The molecule has 6 rings (SSSR count). The van der Waals surface area contributed by atoms with Crippen molar-refractivity contribution in [1.82, 2.24) is 25.2 Å². The summed E-state index contributed by atoms with van der Waals surface area (Å²) in [4.78, 5) is 70.0. The molecule has 5 atom stereocenters. The molecule has 3 N–H and O–H groups in total. The van der Waals surface area contributed by atoms with Gasteiger partial charge in [0.2, 0.25) is 21.8 Å². The summed E-state index contributed by atoms with van der Waals surface area (Å²) < 4.78 is 79.9. The Morgan fingerprint density at radius 1 is 1.13 bits per heavy atom. The van der Waals surface area contributed by atoms with E-state index in [9.17, 15) is 45.6 Å². The molecule has 290 valence electrons. The third-order valence-corrected chi connectivity index (χ3v) is 12.4. The van der Waals surface area contributed by atoms with Crippen molar-refractivity contribution in [2.45, 2.75) is 113 Å². The number of halogens is 3. The molecule has 14 nitrogen and oxygen atoms in total. The van der Waals surface area contributed by atoms with Gasteiger partial charge in [-0.1, -0.05) is 38.1 Å². The van der Waals surface area contributed by atoms with Crippen molar-refractivity contribution in [3.8, 4) is 0 Å². The first kappa shape index (κ1) is 38.4. The number of amides is 5. The minimum atomic E-state index is -4.94. The van der Waals surface area contributed by atoms with Gasteiger partial charge in [-0.15, -0.1) is 6.58 Å². The third-order valence-electron chi connectivity index (χ3n) is 10.6. The standard InChI is InChI=1S/C35H44F3N5O9S/c1-4-22-14-34(22,30(46)41-53(49,50)24-10-11-24)40-28(44)27-13-23-17-43(27)29(45)26(15-35(36,37)38)39-31(47)51-19-33(2,3)12-6-9-20-7-5-8-21-16-42(18-25(20)21)32(48)52-23/h4-5,7-8,22-24,26-27H,1,6,9-19H2,2-3H3,(H,39,47)(H,40,44)(H,41,46)/t22-,23-,26+,27+,34+/m1/s1. The van der Waals surface area contributed by atoms with Crippen LogP contribution in [0.1, 0.15) is 75.5 Å². The number of benzene rings is 1. The van der Waals surface area contributed by atoms with E-state index in [0.717, 1.165) is 21.6 Å². The number of hydrogen-bond donors (Lipinski definition) is 3. The highest BCUT2D eigenvalue weighted by atomic mass is 32.2. The summed E-state index contributed by atoms with van der Waals surface area (Å²) >= 11 is 0. The lowest BCUT2D eigenvalue weighted by Crippen LogP contribution is -2.58. The van der Waals surface area contributed by atoms with Crippen molar-refractivity contribution in [2.24, 2.45) is 11.3 Å². The predicted molar refractivity (Wildman–Crippen MR) is 181 cm³/mol. The number of carbonyl (C=O) groups is 5. The topological polar surface area (TPSA) is 181 Å². The molecule has 0 spiro atoms. The van der Waals surface area contributed by atoms with Gasteiger partial charge in [-0.3, -0.25) is 24.0 Å². The number of carbonyl (C=O) groups excluding carboxylic acids is 5. The van der Waals surface area contributed by atoms with Crippen LogP contribution in [-0.2, 0) is 53.4 Å². The summed E-state index contributed by atoms with van der Waals surface area (Å²) in [5.74, 6) is -3.98. The Bertz CT molecular complexity index is 1800. The molecule has 0 aromatic heterocycles. The highest BCUT2D eigenvalue weighted by Crippen LogP contribution is 2.45. The molecular formula is C35H44F3N5O9S. The number of fused-ring (bicyclic) bond motifs is 3. The number of nitrogens with one attached hydrogen (secondary N) is 3. The zero-order valence-corrected chi connectivity index (χ0v) is 30.3. The summed E-state index contributed by atoms with van der Waals surface area (Å²) in [6.45, 7) is 7.15. The SMILES string of the molecule is C=C[C@@H]1C[C@@]1(NC(=O)[C@@H]1C[C@@H]2CN1C(=O)[C@H](CC(F)(F)F)NC(=O)OCC(C)(C)CCCc1cccc3c1CN(C3)C(=O)O2)C(=O)NS(=O)(=O)C1CC1. The van der Waals surface area contributed by atoms with E-state index in [1.807, 2.05) is 42.1 Å². The van der Waals surface area contributed by atoms with E-state index in [-0.39, 0.29) is 32.5 Å². The highest BCUT2D eigenvalue weighted by Gasteiger charge is 2.62. The maximum Gasteiger partial charge on any atom is 0.410 e. The highest BCUT2D eigenvalue weighted by molar-refractivity contribution is 7.91. The maximum atomic E-state index is 14.0. The summed E-state index contributed by atoms with van der Waals surface area (Å²) in [7, 11) is -4.02. The van der Waals surface area contributed by atoms with Gasteiger partial charge in [0.1, 0.15) is 23.7 Å². The molecule has 18 heteroatoms. The van der Waals surface area contributed by atoms with Crippen LogP contribution in [0.5, 0.6) is 0 Å². The van der Waals surface area contributed by atoms with Gasteiger partial charge in [-0.2, -0.15) is 13.2 Å². The van der Waals surface area contributed by atoms with E-state index >= 15 is 0 Å². The van der Waals surface area contributed by atoms with E-state index in [2.05, 4.69) is 11.9 Å². The minimum Gasteiger partial charge on any atom is -0.449 e. The Balaban J connectivity index is 1.29. The van der Waals surface area contributed by atoms with Crippen LogP contribution in [0.25, 0.3) is 0 Å². The molecule has 0 radical (unpaired) electrons. The number of cyclic esters (lactones) is 1. The Hall–Kier alpha value is -4.35. The fourth-order valence-electron chi connectivity index (χ4n) is 7.37. The molecule has 2 saturated carbocycles. The van der Waals surface area contributed by atoms with Crippen LogP contribution in [0.4, 0.5) is 22.8 Å². The van der Waals surface area contributed by atoms with Crippen LogP contribution >= 0.6 is 0 Å². The monoisotopic (exact) mass is 767 g/mol. The first-order valence-corrected chi connectivity index (χ1v) is 19.2. The molecular weight excluding hydrogens is 723 g/mol. The van der Waals surface area contributed by atoms with E-state index in [1.54, 1.807) is 0 Å². The zero-order valence-electron chi connectivity index (χ0n) is 29.5. The number of alkyl halides is 3. The molecule has 3 heterocycles. The summed E-state index contributed by atoms with van der Waals surface area (Å²) in [6.07, 6.45) is -6.24. The third kappa shape index (κ3) is 8.57. The molecule has 4 bridgehead atoms. The molecule has 0 unspecified atom stereocenters. The molecule has 3 fully saturated rings. The molecule has 3 aliphatic heterocycles. The van der Waals surface area contributed by atoms with E-state index < -0.39 is 99.4 Å². The van der Waals surface area contributed by atoms with E-state index in [1.165, 1.54) is 11.0 Å².